The smallest absolute Gasteiger partial charge is 0.257 e. The number of carbonyl (C=O) groups excluding carboxylic acids is 3. The first-order chi connectivity index (χ1) is 14.0. The third-order valence-electron chi connectivity index (χ3n) is 3.61. The van der Waals surface area contributed by atoms with Crippen molar-refractivity contribution >= 4 is 40.7 Å². The first-order valence-electron chi connectivity index (χ1n) is 8.96. The highest BCUT2D eigenvalue weighted by Gasteiger charge is 2.10. The normalized spacial score (nSPS) is 9.83. The van der Waals surface area contributed by atoms with E-state index < -0.39 is 11.8 Å². The van der Waals surface area contributed by atoms with Crippen LogP contribution in [0.2, 0.25) is 0 Å². The van der Waals surface area contributed by atoms with Crippen molar-refractivity contribution in [3.05, 3.63) is 60.2 Å². The molecule has 0 heterocycles. The van der Waals surface area contributed by atoms with E-state index in [-0.39, 0.29) is 23.9 Å². The highest BCUT2D eigenvalue weighted by atomic mass is 32.1. The average Bonchev–Trinajstić information content (AvgIpc) is 2.72. The maximum atomic E-state index is 12.1. The molecule has 0 aliphatic rings. The zero-order valence-electron chi connectivity index (χ0n) is 15.9. The lowest BCUT2D eigenvalue weighted by Crippen LogP contribution is -2.48. The Morgan fingerprint density at radius 3 is 2.21 bits per heavy atom. The van der Waals surface area contributed by atoms with Gasteiger partial charge in [0.15, 0.2) is 5.11 Å². The Labute approximate surface area is 174 Å². The number of hydrazine groups is 1. The summed E-state index contributed by atoms with van der Waals surface area (Å²) in [6.45, 7) is 2.40. The second-order valence-electron chi connectivity index (χ2n) is 5.83. The fourth-order valence-corrected chi connectivity index (χ4v) is 2.38. The van der Waals surface area contributed by atoms with E-state index in [0.29, 0.717) is 23.6 Å². The van der Waals surface area contributed by atoms with Crippen molar-refractivity contribution in [2.45, 2.75) is 19.8 Å². The third kappa shape index (κ3) is 7.97. The second kappa shape index (κ2) is 11.4. The minimum atomic E-state index is -0.439. The minimum Gasteiger partial charge on any atom is -0.494 e. The molecule has 0 radical (unpaired) electrons. The van der Waals surface area contributed by atoms with E-state index in [4.69, 9.17) is 17.0 Å². The highest BCUT2D eigenvalue weighted by molar-refractivity contribution is 7.80. The number of thiocarbonyl (C=S) groups is 1. The number of hydrogen-bond donors (Lipinski definition) is 4. The standard InChI is InChI=1S/C20H22N4O4S/c1-2-28-16-10-8-14(9-11-16)19(27)22-20(29)24-23-18(26)13-12-17(25)21-15-6-4-3-5-7-15/h3-11H,2,12-13H2,1H3,(H,21,25)(H,23,26)(H2,22,24,27,29). The van der Waals surface area contributed by atoms with Crippen LogP contribution in [0.5, 0.6) is 5.75 Å². The van der Waals surface area contributed by atoms with Gasteiger partial charge in [0.1, 0.15) is 5.75 Å². The van der Waals surface area contributed by atoms with Crippen LogP contribution in [0.1, 0.15) is 30.1 Å². The van der Waals surface area contributed by atoms with Gasteiger partial charge in [-0.2, -0.15) is 0 Å². The van der Waals surface area contributed by atoms with Gasteiger partial charge >= 0.3 is 0 Å². The Morgan fingerprint density at radius 2 is 1.55 bits per heavy atom. The van der Waals surface area contributed by atoms with Gasteiger partial charge in [-0.25, -0.2) is 0 Å². The van der Waals surface area contributed by atoms with Crippen molar-refractivity contribution in [1.82, 2.24) is 16.2 Å². The van der Waals surface area contributed by atoms with E-state index in [0.717, 1.165) is 0 Å². The summed E-state index contributed by atoms with van der Waals surface area (Å²) in [5.41, 5.74) is 5.82. The molecule has 0 fully saturated rings. The molecule has 0 unspecified atom stereocenters. The number of benzene rings is 2. The molecule has 0 bridgehead atoms. The molecule has 3 amide bonds. The Hall–Kier alpha value is -3.46. The monoisotopic (exact) mass is 414 g/mol. The molecular weight excluding hydrogens is 392 g/mol. The molecule has 2 aromatic rings. The van der Waals surface area contributed by atoms with Crippen LogP contribution in [0.25, 0.3) is 0 Å². The van der Waals surface area contributed by atoms with E-state index >= 15 is 0 Å². The Kier molecular flexibility index (Phi) is 8.58. The van der Waals surface area contributed by atoms with Gasteiger partial charge in [-0.05, 0) is 55.5 Å². The summed E-state index contributed by atoms with van der Waals surface area (Å²) in [5.74, 6) is -0.487. The molecule has 2 aromatic carbocycles. The quantitative estimate of drug-likeness (QED) is 0.408. The van der Waals surface area contributed by atoms with Crippen LogP contribution < -0.4 is 26.2 Å². The zero-order chi connectivity index (χ0) is 21.1. The van der Waals surface area contributed by atoms with Crippen LogP contribution in [0.15, 0.2) is 54.6 Å². The average molecular weight is 414 g/mol. The van der Waals surface area contributed by atoms with Crippen molar-refractivity contribution in [1.29, 1.82) is 0 Å². The predicted octanol–water partition coefficient (Wildman–Crippen LogP) is 2.14. The predicted molar refractivity (Wildman–Crippen MR) is 113 cm³/mol. The van der Waals surface area contributed by atoms with Crippen molar-refractivity contribution in [2.75, 3.05) is 11.9 Å². The minimum absolute atomic E-state index is 0.00765. The molecule has 0 aliphatic heterocycles. The number of carbonyl (C=O) groups is 3. The highest BCUT2D eigenvalue weighted by Crippen LogP contribution is 2.11. The summed E-state index contributed by atoms with van der Waals surface area (Å²) in [6.07, 6.45) is -0.0329. The van der Waals surface area contributed by atoms with Crippen LogP contribution in [-0.4, -0.2) is 29.4 Å². The molecule has 152 valence electrons. The third-order valence-corrected chi connectivity index (χ3v) is 3.81. The molecule has 2 rings (SSSR count). The van der Waals surface area contributed by atoms with Crippen molar-refractivity contribution < 1.29 is 19.1 Å². The van der Waals surface area contributed by atoms with Gasteiger partial charge in [0.25, 0.3) is 5.91 Å². The molecule has 0 saturated heterocycles. The first kappa shape index (κ1) is 21.8. The second-order valence-corrected chi connectivity index (χ2v) is 6.24. The molecular formula is C20H22N4O4S. The lowest BCUT2D eigenvalue weighted by atomic mass is 10.2. The van der Waals surface area contributed by atoms with Crippen LogP contribution in [0.3, 0.4) is 0 Å². The van der Waals surface area contributed by atoms with Crippen molar-refractivity contribution in [3.63, 3.8) is 0 Å². The summed E-state index contributed by atoms with van der Waals surface area (Å²) in [6, 6.07) is 15.5. The van der Waals surface area contributed by atoms with Gasteiger partial charge in [0.05, 0.1) is 6.61 Å². The lowest BCUT2D eigenvalue weighted by Gasteiger charge is -2.11. The van der Waals surface area contributed by atoms with E-state index in [1.807, 2.05) is 13.0 Å². The fraction of sp³-hybridized carbons (Fsp3) is 0.200. The fourth-order valence-electron chi connectivity index (χ4n) is 2.24. The Morgan fingerprint density at radius 1 is 0.897 bits per heavy atom. The topological polar surface area (TPSA) is 109 Å². The van der Waals surface area contributed by atoms with Gasteiger partial charge in [-0.1, -0.05) is 18.2 Å². The summed E-state index contributed by atoms with van der Waals surface area (Å²) in [5, 5.41) is 5.07. The summed E-state index contributed by atoms with van der Waals surface area (Å²) >= 11 is 4.98. The van der Waals surface area contributed by atoms with Gasteiger partial charge in [-0.3, -0.25) is 30.6 Å². The number of hydrogen-bond acceptors (Lipinski definition) is 5. The van der Waals surface area contributed by atoms with E-state index in [1.165, 1.54) is 0 Å². The number of rotatable bonds is 7. The largest absolute Gasteiger partial charge is 0.494 e. The number of nitrogens with one attached hydrogen (secondary N) is 4. The number of amides is 3. The van der Waals surface area contributed by atoms with Crippen LogP contribution >= 0.6 is 12.2 Å². The van der Waals surface area contributed by atoms with Crippen LogP contribution in [0.4, 0.5) is 5.69 Å². The van der Waals surface area contributed by atoms with E-state index in [2.05, 4.69) is 21.5 Å². The van der Waals surface area contributed by atoms with Gasteiger partial charge in [-0.15, -0.1) is 0 Å². The van der Waals surface area contributed by atoms with Gasteiger partial charge in [0.2, 0.25) is 11.8 Å². The maximum Gasteiger partial charge on any atom is 0.257 e. The van der Waals surface area contributed by atoms with Crippen molar-refractivity contribution in [3.8, 4) is 5.75 Å². The summed E-state index contributed by atoms with van der Waals surface area (Å²) < 4.78 is 5.31. The van der Waals surface area contributed by atoms with Crippen molar-refractivity contribution in [2.24, 2.45) is 0 Å². The molecule has 9 heteroatoms. The van der Waals surface area contributed by atoms with Gasteiger partial charge < -0.3 is 10.1 Å². The van der Waals surface area contributed by atoms with Crippen LogP contribution in [-0.2, 0) is 9.59 Å². The summed E-state index contributed by atoms with van der Waals surface area (Å²) in [4.78, 5) is 35.8. The number of anilines is 1. The first-order valence-corrected chi connectivity index (χ1v) is 9.36. The Balaban J connectivity index is 1.67. The molecule has 0 saturated carbocycles. The molecule has 0 aromatic heterocycles. The molecule has 0 spiro atoms. The lowest BCUT2D eigenvalue weighted by molar-refractivity contribution is -0.124. The zero-order valence-corrected chi connectivity index (χ0v) is 16.7. The molecule has 29 heavy (non-hydrogen) atoms. The SMILES string of the molecule is CCOc1ccc(C(=O)NC(=S)NNC(=O)CCC(=O)Nc2ccccc2)cc1. The maximum absolute atomic E-state index is 12.1. The van der Waals surface area contributed by atoms with E-state index in [1.54, 1.807) is 48.5 Å². The number of ether oxygens (including phenoxy) is 1. The molecule has 0 atom stereocenters. The Bertz CT molecular complexity index is 857. The molecule has 4 N–H and O–H groups in total. The molecule has 8 nitrogen and oxygen atoms in total. The molecule has 0 aliphatic carbocycles. The van der Waals surface area contributed by atoms with Crippen LogP contribution in [0, 0.1) is 0 Å². The number of para-hydroxylation sites is 1. The van der Waals surface area contributed by atoms with Gasteiger partial charge in [0, 0.05) is 24.1 Å². The summed E-state index contributed by atoms with van der Waals surface area (Å²) in [7, 11) is 0. The van der Waals surface area contributed by atoms with E-state index in [9.17, 15) is 14.4 Å².